The van der Waals surface area contributed by atoms with E-state index in [0.717, 1.165) is 24.1 Å². The second-order valence-electron chi connectivity index (χ2n) is 4.55. The summed E-state index contributed by atoms with van der Waals surface area (Å²) in [5, 5.41) is 8.30. The Balaban J connectivity index is 0.000000728. The van der Waals surface area contributed by atoms with Crippen molar-refractivity contribution in [3.8, 4) is 0 Å². The van der Waals surface area contributed by atoms with E-state index in [0.29, 0.717) is 5.71 Å². The minimum atomic E-state index is 0.563. The number of nitrogens with zero attached hydrogens (tertiary/aromatic N) is 1. The number of pyridine rings is 1. The second-order valence-corrected chi connectivity index (χ2v) is 4.55. The van der Waals surface area contributed by atoms with Crippen LogP contribution in [0.4, 0.5) is 0 Å². The molecule has 1 aromatic heterocycles. The molecule has 126 valence electrons. The van der Waals surface area contributed by atoms with Crippen molar-refractivity contribution in [1.29, 1.82) is 5.41 Å². The highest BCUT2D eigenvalue weighted by atomic mass is 14.7. The van der Waals surface area contributed by atoms with Gasteiger partial charge >= 0.3 is 0 Å². The molecule has 2 nitrogen and oxygen atoms in total. The van der Waals surface area contributed by atoms with Gasteiger partial charge < -0.3 is 0 Å². The number of hydrogen-bond acceptors (Lipinski definition) is 2. The number of benzene rings is 1. The first-order valence-electron chi connectivity index (χ1n) is 8.88. The monoisotopic (exact) mass is 312 g/mol. The van der Waals surface area contributed by atoms with Crippen LogP contribution in [0.3, 0.4) is 0 Å². The summed E-state index contributed by atoms with van der Waals surface area (Å²) >= 11 is 0. The molecule has 0 fully saturated rings. The van der Waals surface area contributed by atoms with Crippen LogP contribution in [0.1, 0.15) is 69.5 Å². The summed E-state index contributed by atoms with van der Waals surface area (Å²) in [6.07, 6.45) is 3.82. The summed E-state index contributed by atoms with van der Waals surface area (Å²) in [5.74, 6) is 0. The fourth-order valence-electron chi connectivity index (χ4n) is 2.42. The molecule has 1 aliphatic carbocycles. The summed E-state index contributed by atoms with van der Waals surface area (Å²) in [7, 11) is 0. The van der Waals surface area contributed by atoms with Gasteiger partial charge in [-0.05, 0) is 36.5 Å². The van der Waals surface area contributed by atoms with E-state index in [1.54, 1.807) is 0 Å². The number of nitrogens with one attached hydrogen (secondary N) is 1. The van der Waals surface area contributed by atoms with Gasteiger partial charge in [-0.15, -0.1) is 0 Å². The van der Waals surface area contributed by atoms with Gasteiger partial charge in [0.1, 0.15) is 0 Å². The van der Waals surface area contributed by atoms with Crippen molar-refractivity contribution < 1.29 is 0 Å². The highest BCUT2D eigenvalue weighted by molar-refractivity contribution is 6.11. The molecule has 0 aliphatic heterocycles. The molecule has 0 spiro atoms. The third kappa shape index (κ3) is 5.31. The lowest BCUT2D eigenvalue weighted by molar-refractivity contribution is 0.952. The summed E-state index contributed by atoms with van der Waals surface area (Å²) in [5.41, 5.74) is 6.07. The van der Waals surface area contributed by atoms with Crippen LogP contribution in [0.5, 0.6) is 0 Å². The lowest BCUT2D eigenvalue weighted by Crippen LogP contribution is -2.06. The zero-order valence-corrected chi connectivity index (χ0v) is 15.8. The molecule has 0 saturated heterocycles. The van der Waals surface area contributed by atoms with Gasteiger partial charge in [0.15, 0.2) is 0 Å². The van der Waals surface area contributed by atoms with E-state index in [1.807, 2.05) is 65.9 Å². The Bertz CT molecular complexity index is 601. The van der Waals surface area contributed by atoms with Crippen LogP contribution in [-0.2, 0) is 12.8 Å². The van der Waals surface area contributed by atoms with Gasteiger partial charge in [-0.2, -0.15) is 0 Å². The number of aryl methyl sites for hydroxylation is 3. The maximum absolute atomic E-state index is 8.30. The van der Waals surface area contributed by atoms with Gasteiger partial charge in [0.05, 0.1) is 11.4 Å². The van der Waals surface area contributed by atoms with Crippen LogP contribution in [0.2, 0.25) is 0 Å². The van der Waals surface area contributed by atoms with E-state index in [-0.39, 0.29) is 0 Å². The van der Waals surface area contributed by atoms with Crippen LogP contribution in [-0.4, -0.2) is 10.7 Å². The van der Waals surface area contributed by atoms with Crippen molar-refractivity contribution in [2.75, 3.05) is 0 Å². The highest BCUT2D eigenvalue weighted by Gasteiger charge is 2.18. The number of rotatable bonds is 0. The Morgan fingerprint density at radius 2 is 1.43 bits per heavy atom. The third-order valence-corrected chi connectivity index (χ3v) is 3.29. The fraction of sp³-hybridized carbons (Fsp3) is 0.429. The Hall–Kier alpha value is -1.96. The number of aromatic nitrogens is 1. The fourth-order valence-corrected chi connectivity index (χ4v) is 2.42. The van der Waals surface area contributed by atoms with Crippen LogP contribution in [0.25, 0.3) is 0 Å². The molecular weight excluding hydrogens is 280 g/mol. The summed E-state index contributed by atoms with van der Waals surface area (Å²) in [6, 6.07) is 10.3. The third-order valence-electron chi connectivity index (χ3n) is 3.29. The van der Waals surface area contributed by atoms with Crippen LogP contribution < -0.4 is 0 Å². The Labute approximate surface area is 142 Å². The van der Waals surface area contributed by atoms with Gasteiger partial charge in [-0.3, -0.25) is 10.4 Å². The van der Waals surface area contributed by atoms with Crippen molar-refractivity contribution in [1.82, 2.24) is 4.98 Å². The molecule has 0 saturated carbocycles. The Morgan fingerprint density at radius 3 is 2.09 bits per heavy atom. The maximum Gasteiger partial charge on any atom is 0.0917 e. The molecule has 1 aromatic carbocycles. The van der Waals surface area contributed by atoms with E-state index in [1.165, 1.54) is 16.7 Å². The van der Waals surface area contributed by atoms with Crippen molar-refractivity contribution in [2.24, 2.45) is 0 Å². The first kappa shape index (κ1) is 21.0. The SMILES string of the molecule is CC.CC.CC.Cc1cnc2c(c1)CCc1ccccc1C2=N. The first-order valence-corrected chi connectivity index (χ1v) is 8.88. The standard InChI is InChI=1S/C15H14N2.3C2H6/c1-10-8-12-7-6-11-4-2-3-5-13(11)14(16)15(12)17-9-10;3*1-2/h2-5,8-9,16H,6-7H2,1H3;3*1-2H3. The highest BCUT2D eigenvalue weighted by Crippen LogP contribution is 2.23. The van der Waals surface area contributed by atoms with Crippen molar-refractivity contribution >= 4 is 5.71 Å². The van der Waals surface area contributed by atoms with E-state index in [2.05, 4.69) is 24.0 Å². The Kier molecular flexibility index (Phi) is 10.6. The van der Waals surface area contributed by atoms with E-state index >= 15 is 0 Å². The second kappa shape index (κ2) is 11.6. The molecule has 0 unspecified atom stereocenters. The lowest BCUT2D eigenvalue weighted by Gasteiger charge is -2.07. The molecule has 3 rings (SSSR count). The largest absolute Gasteiger partial charge is 0.298 e. The van der Waals surface area contributed by atoms with Crippen LogP contribution in [0, 0.1) is 12.3 Å². The van der Waals surface area contributed by atoms with Crippen molar-refractivity contribution in [3.05, 3.63) is 64.5 Å². The van der Waals surface area contributed by atoms with Gasteiger partial charge in [-0.25, -0.2) is 0 Å². The quantitative estimate of drug-likeness (QED) is 0.638. The van der Waals surface area contributed by atoms with Gasteiger partial charge in [0.2, 0.25) is 0 Å². The first-order chi connectivity index (χ1) is 11.3. The lowest BCUT2D eigenvalue weighted by atomic mass is 10.0. The zero-order chi connectivity index (χ0) is 17.8. The maximum atomic E-state index is 8.30. The van der Waals surface area contributed by atoms with Crippen LogP contribution >= 0.6 is 0 Å². The molecule has 1 N–H and O–H groups in total. The average molecular weight is 313 g/mol. The van der Waals surface area contributed by atoms with E-state index in [4.69, 9.17) is 5.41 Å². The molecular formula is C21H32N2. The summed E-state index contributed by atoms with van der Waals surface area (Å²) in [4.78, 5) is 4.43. The van der Waals surface area contributed by atoms with E-state index in [9.17, 15) is 0 Å². The number of fused-ring (bicyclic) bond motifs is 2. The minimum absolute atomic E-state index is 0.563. The van der Waals surface area contributed by atoms with Gasteiger partial charge in [-0.1, -0.05) is 71.9 Å². The topological polar surface area (TPSA) is 36.7 Å². The summed E-state index contributed by atoms with van der Waals surface area (Å²) < 4.78 is 0. The zero-order valence-electron chi connectivity index (χ0n) is 15.8. The summed E-state index contributed by atoms with van der Waals surface area (Å²) in [6.45, 7) is 14.1. The van der Waals surface area contributed by atoms with Gasteiger partial charge in [0.25, 0.3) is 0 Å². The van der Waals surface area contributed by atoms with Crippen molar-refractivity contribution in [2.45, 2.75) is 61.3 Å². The molecule has 1 heterocycles. The predicted octanol–water partition coefficient (Wildman–Crippen LogP) is 5.98. The molecule has 0 amide bonds. The molecule has 2 aromatic rings. The average Bonchev–Trinajstić information content (AvgIpc) is 2.77. The molecule has 0 radical (unpaired) electrons. The van der Waals surface area contributed by atoms with Crippen LogP contribution in [0.15, 0.2) is 36.5 Å². The Morgan fingerprint density at radius 1 is 0.870 bits per heavy atom. The normalized spacial score (nSPS) is 11.0. The smallest absolute Gasteiger partial charge is 0.0917 e. The number of hydrogen-bond donors (Lipinski definition) is 1. The van der Waals surface area contributed by atoms with E-state index < -0.39 is 0 Å². The molecule has 2 heteroatoms. The molecule has 23 heavy (non-hydrogen) atoms. The van der Waals surface area contributed by atoms with Gasteiger partial charge in [0, 0.05) is 11.8 Å². The van der Waals surface area contributed by atoms with Crippen molar-refractivity contribution in [3.63, 3.8) is 0 Å². The molecule has 1 aliphatic rings. The predicted molar refractivity (Wildman–Crippen MR) is 103 cm³/mol. The minimum Gasteiger partial charge on any atom is -0.298 e. The molecule has 0 atom stereocenters. The molecule has 0 bridgehead atoms.